The van der Waals surface area contributed by atoms with Crippen LogP contribution in [0.5, 0.6) is 0 Å². The molecule has 0 aliphatic carbocycles. The Morgan fingerprint density at radius 1 is 0.897 bits per heavy atom. The van der Waals surface area contributed by atoms with Crippen molar-refractivity contribution in [3.05, 3.63) is 114 Å². The van der Waals surface area contributed by atoms with Crippen molar-refractivity contribution in [2.75, 3.05) is 42.9 Å². The molecule has 3 heterocycles. The smallest absolute Gasteiger partial charge is 0.274 e. The lowest BCUT2D eigenvalue weighted by Crippen LogP contribution is -2.47. The van der Waals surface area contributed by atoms with Crippen LogP contribution in [0.3, 0.4) is 0 Å². The number of para-hydroxylation sites is 2. The summed E-state index contributed by atoms with van der Waals surface area (Å²) < 4.78 is 1.66. The van der Waals surface area contributed by atoms with Gasteiger partial charge in [-0.3, -0.25) is 9.69 Å². The van der Waals surface area contributed by atoms with Gasteiger partial charge in [0.2, 0.25) is 0 Å². The number of amides is 1. The number of fused-ring (bicyclic) bond motifs is 1. The van der Waals surface area contributed by atoms with Gasteiger partial charge in [-0.15, -0.1) is 0 Å². The molecule has 1 N–H and O–H groups in total. The second kappa shape index (κ2) is 11.3. The van der Waals surface area contributed by atoms with Gasteiger partial charge in [-0.2, -0.15) is 5.10 Å². The maximum Gasteiger partial charge on any atom is 0.274 e. The first kappa shape index (κ1) is 25.1. The third-order valence-corrected chi connectivity index (χ3v) is 7.40. The molecule has 8 heteroatoms. The van der Waals surface area contributed by atoms with Crippen molar-refractivity contribution >= 4 is 34.5 Å². The fourth-order valence-electron chi connectivity index (χ4n) is 5.04. The van der Waals surface area contributed by atoms with Crippen LogP contribution in [0, 0.1) is 0 Å². The van der Waals surface area contributed by atoms with Crippen molar-refractivity contribution < 1.29 is 4.79 Å². The van der Waals surface area contributed by atoms with Gasteiger partial charge in [0.05, 0.1) is 17.6 Å². The molecule has 1 aliphatic rings. The van der Waals surface area contributed by atoms with Gasteiger partial charge in [0.15, 0.2) is 5.65 Å². The number of piperazine rings is 1. The lowest BCUT2D eigenvalue weighted by atomic mass is 10.1. The lowest BCUT2D eigenvalue weighted by Gasteiger charge is -2.37. The molecule has 7 nitrogen and oxygen atoms in total. The molecular formula is C31H29ClN6O. The Labute approximate surface area is 232 Å². The normalized spacial score (nSPS) is 14.0. The largest absolute Gasteiger partial charge is 0.367 e. The number of halogens is 1. The van der Waals surface area contributed by atoms with E-state index in [4.69, 9.17) is 11.6 Å². The van der Waals surface area contributed by atoms with Crippen molar-refractivity contribution in [3.63, 3.8) is 0 Å². The van der Waals surface area contributed by atoms with Crippen LogP contribution in [0.15, 0.2) is 97.3 Å². The molecule has 0 bridgehead atoms. The maximum atomic E-state index is 13.3. The number of carbonyl (C=O) groups excluding carboxylic acids is 1. The minimum absolute atomic E-state index is 0.260. The molecule has 0 spiro atoms. The van der Waals surface area contributed by atoms with Crippen molar-refractivity contribution in [2.24, 2.45) is 0 Å². The van der Waals surface area contributed by atoms with Crippen molar-refractivity contribution in [1.29, 1.82) is 0 Å². The fourth-order valence-corrected chi connectivity index (χ4v) is 5.23. The van der Waals surface area contributed by atoms with Crippen LogP contribution in [-0.4, -0.2) is 58.1 Å². The van der Waals surface area contributed by atoms with Crippen LogP contribution < -0.4 is 10.2 Å². The summed E-state index contributed by atoms with van der Waals surface area (Å²) >= 11 is 6.19. The summed E-state index contributed by atoms with van der Waals surface area (Å²) in [6, 6.07) is 27.8. The number of hydrogen-bond donors (Lipinski definition) is 1. The van der Waals surface area contributed by atoms with Gasteiger partial charge < -0.3 is 10.2 Å². The molecule has 6 rings (SSSR count). The summed E-state index contributed by atoms with van der Waals surface area (Å²) in [5.74, 6) is -0.260. The molecule has 5 aromatic rings. The summed E-state index contributed by atoms with van der Waals surface area (Å²) in [5.41, 5.74) is 5.82. The predicted molar refractivity (Wildman–Crippen MR) is 157 cm³/mol. The van der Waals surface area contributed by atoms with Gasteiger partial charge in [-0.25, -0.2) is 9.50 Å². The zero-order valence-corrected chi connectivity index (χ0v) is 22.3. The Hall–Kier alpha value is -4.20. The Kier molecular flexibility index (Phi) is 7.25. The number of nitrogens with one attached hydrogen (secondary N) is 1. The summed E-state index contributed by atoms with van der Waals surface area (Å²) in [7, 11) is 0. The van der Waals surface area contributed by atoms with E-state index in [2.05, 4.69) is 61.6 Å². The van der Waals surface area contributed by atoms with Crippen molar-refractivity contribution in [1.82, 2.24) is 19.5 Å². The van der Waals surface area contributed by atoms with Gasteiger partial charge in [0, 0.05) is 49.5 Å². The highest BCUT2D eigenvalue weighted by atomic mass is 35.5. The molecule has 3 aromatic carbocycles. The minimum atomic E-state index is -0.260. The van der Waals surface area contributed by atoms with E-state index >= 15 is 0 Å². The molecule has 1 saturated heterocycles. The fraction of sp³-hybridized carbons (Fsp3) is 0.194. The Balaban J connectivity index is 1.15. The molecule has 0 radical (unpaired) electrons. The van der Waals surface area contributed by atoms with Crippen molar-refractivity contribution in [3.8, 4) is 11.1 Å². The lowest BCUT2D eigenvalue weighted by molar-refractivity contribution is 0.102. The molecule has 1 fully saturated rings. The van der Waals surface area contributed by atoms with Crippen LogP contribution in [0.1, 0.15) is 16.1 Å². The zero-order valence-electron chi connectivity index (χ0n) is 21.5. The second-order valence-electron chi connectivity index (χ2n) is 9.69. The predicted octanol–water partition coefficient (Wildman–Crippen LogP) is 5.67. The Morgan fingerprint density at radius 3 is 2.51 bits per heavy atom. The van der Waals surface area contributed by atoms with E-state index < -0.39 is 0 Å². The number of rotatable bonds is 7. The van der Waals surface area contributed by atoms with Crippen LogP contribution in [0.4, 0.5) is 11.4 Å². The van der Waals surface area contributed by atoms with Gasteiger partial charge in [0.25, 0.3) is 5.91 Å². The van der Waals surface area contributed by atoms with Crippen LogP contribution in [0.25, 0.3) is 16.8 Å². The molecule has 0 unspecified atom stereocenters. The molecule has 1 aliphatic heterocycles. The van der Waals surface area contributed by atoms with Crippen LogP contribution >= 0.6 is 11.6 Å². The summed E-state index contributed by atoms with van der Waals surface area (Å²) in [4.78, 5) is 22.9. The van der Waals surface area contributed by atoms with Gasteiger partial charge in [-0.1, -0.05) is 66.2 Å². The van der Waals surface area contributed by atoms with E-state index in [9.17, 15) is 4.79 Å². The van der Waals surface area contributed by atoms with E-state index in [1.807, 2.05) is 42.5 Å². The topological polar surface area (TPSA) is 65.8 Å². The van der Waals surface area contributed by atoms with Gasteiger partial charge in [-0.05, 0) is 47.9 Å². The minimum Gasteiger partial charge on any atom is -0.367 e. The van der Waals surface area contributed by atoms with Gasteiger partial charge >= 0.3 is 0 Å². The Bertz CT molecular complexity index is 1590. The molecule has 1 amide bonds. The standard InChI is InChI=1S/C31H29ClN6O/c32-25-10-6-9-24(21-25)26-22-33-38-16-14-28(34-30(26)38)31(39)35-27-11-4-5-12-29(27)37-19-17-36(18-20-37)15-13-23-7-2-1-3-8-23/h1-12,14,16,21-22H,13,15,17-20H2,(H,35,39). The van der Waals surface area contributed by atoms with E-state index in [1.165, 1.54) is 5.56 Å². The summed E-state index contributed by atoms with van der Waals surface area (Å²) in [5, 5.41) is 8.12. The van der Waals surface area contributed by atoms with Crippen LogP contribution in [0.2, 0.25) is 5.02 Å². The summed E-state index contributed by atoms with van der Waals surface area (Å²) in [6.45, 7) is 4.84. The highest BCUT2D eigenvalue weighted by molar-refractivity contribution is 6.30. The first-order chi connectivity index (χ1) is 19.1. The van der Waals surface area contributed by atoms with E-state index in [0.717, 1.165) is 61.6 Å². The van der Waals surface area contributed by atoms with E-state index in [-0.39, 0.29) is 5.91 Å². The first-order valence-electron chi connectivity index (χ1n) is 13.2. The third-order valence-electron chi connectivity index (χ3n) is 7.16. The van der Waals surface area contributed by atoms with Crippen molar-refractivity contribution in [2.45, 2.75) is 6.42 Å². The average Bonchev–Trinajstić information content (AvgIpc) is 3.41. The number of carbonyl (C=O) groups is 1. The summed E-state index contributed by atoms with van der Waals surface area (Å²) in [6.07, 6.45) is 4.55. The Morgan fingerprint density at radius 2 is 1.69 bits per heavy atom. The van der Waals surface area contributed by atoms with E-state index in [1.54, 1.807) is 23.0 Å². The third kappa shape index (κ3) is 5.65. The number of aromatic nitrogens is 3. The number of hydrogen-bond acceptors (Lipinski definition) is 5. The number of nitrogens with zero attached hydrogens (tertiary/aromatic N) is 5. The average molecular weight is 537 g/mol. The molecule has 2 aromatic heterocycles. The SMILES string of the molecule is O=C(Nc1ccccc1N1CCN(CCc2ccccc2)CC1)c1ccn2ncc(-c3cccc(Cl)c3)c2n1. The molecular weight excluding hydrogens is 508 g/mol. The van der Waals surface area contributed by atoms with Crippen LogP contribution in [-0.2, 0) is 6.42 Å². The number of benzene rings is 3. The zero-order chi connectivity index (χ0) is 26.6. The van der Waals surface area contributed by atoms with E-state index in [0.29, 0.717) is 16.4 Å². The molecule has 0 saturated carbocycles. The molecule has 39 heavy (non-hydrogen) atoms. The van der Waals surface area contributed by atoms with Gasteiger partial charge in [0.1, 0.15) is 5.69 Å². The maximum absolute atomic E-state index is 13.3. The quantitative estimate of drug-likeness (QED) is 0.290. The number of anilines is 2. The highest BCUT2D eigenvalue weighted by Crippen LogP contribution is 2.28. The first-order valence-corrected chi connectivity index (χ1v) is 13.5. The molecule has 196 valence electrons. The molecule has 0 atom stereocenters. The second-order valence-corrected chi connectivity index (χ2v) is 10.1. The highest BCUT2D eigenvalue weighted by Gasteiger charge is 2.21. The monoisotopic (exact) mass is 536 g/mol.